The summed E-state index contributed by atoms with van der Waals surface area (Å²) in [6, 6.07) is 12.4. The van der Waals surface area contributed by atoms with Crippen molar-refractivity contribution in [3.8, 4) is 0 Å². The summed E-state index contributed by atoms with van der Waals surface area (Å²) in [5.74, 6) is 5.97. The molecule has 1 aliphatic rings. The minimum absolute atomic E-state index is 0.264. The van der Waals surface area contributed by atoms with Gasteiger partial charge in [0.05, 0.1) is 16.8 Å². The van der Waals surface area contributed by atoms with Crippen LogP contribution in [0.1, 0.15) is 22.7 Å². The number of fused-ring (bicyclic) bond motifs is 4. The Labute approximate surface area is 166 Å². The SMILES string of the molecule is Cc1ccc2nc(N3Cc4[nH]c5ccc(Cl)cc5c4C(CNN)C3)sc2c1. The summed E-state index contributed by atoms with van der Waals surface area (Å²) in [6.07, 6.45) is 0. The number of rotatable bonds is 3. The number of hydrogen-bond donors (Lipinski definition) is 3. The summed E-state index contributed by atoms with van der Waals surface area (Å²) in [4.78, 5) is 10.8. The number of halogens is 1. The Hall–Kier alpha value is -2.12. The fraction of sp³-hybridized carbons (Fsp3) is 0.250. The molecule has 138 valence electrons. The molecule has 0 fully saturated rings. The van der Waals surface area contributed by atoms with Gasteiger partial charge in [-0.15, -0.1) is 0 Å². The zero-order chi connectivity index (χ0) is 18.5. The van der Waals surface area contributed by atoms with Crippen LogP contribution in [0, 0.1) is 6.92 Å². The van der Waals surface area contributed by atoms with E-state index in [1.54, 1.807) is 11.3 Å². The fourth-order valence-corrected chi connectivity index (χ4v) is 5.30. The van der Waals surface area contributed by atoms with Gasteiger partial charge in [-0.3, -0.25) is 11.3 Å². The molecular formula is C20H20ClN5S. The molecule has 7 heteroatoms. The van der Waals surface area contributed by atoms with E-state index in [1.807, 2.05) is 18.2 Å². The maximum Gasteiger partial charge on any atom is 0.186 e. The highest BCUT2D eigenvalue weighted by Gasteiger charge is 2.30. The van der Waals surface area contributed by atoms with Gasteiger partial charge < -0.3 is 9.88 Å². The van der Waals surface area contributed by atoms with Gasteiger partial charge in [0.2, 0.25) is 0 Å². The highest BCUT2D eigenvalue weighted by atomic mass is 35.5. The van der Waals surface area contributed by atoms with Crippen LogP contribution in [0.15, 0.2) is 36.4 Å². The van der Waals surface area contributed by atoms with Crippen molar-refractivity contribution in [2.75, 3.05) is 18.0 Å². The molecule has 0 radical (unpaired) electrons. The van der Waals surface area contributed by atoms with Crippen molar-refractivity contribution < 1.29 is 0 Å². The standard InChI is InChI=1S/C20H20ClN5S/c1-11-2-4-16-18(6-11)27-20(25-16)26-9-12(8-23-22)19-14-7-13(21)3-5-15(14)24-17(19)10-26/h2-7,12,23-24H,8-10,22H2,1H3. The Morgan fingerprint density at radius 2 is 2.22 bits per heavy atom. The number of thiazole rings is 1. The number of H-pyrrole nitrogens is 1. The molecule has 1 atom stereocenters. The number of aromatic nitrogens is 2. The molecule has 4 aromatic rings. The number of hydrogen-bond acceptors (Lipinski definition) is 5. The summed E-state index contributed by atoms with van der Waals surface area (Å²) >= 11 is 8.00. The van der Waals surface area contributed by atoms with E-state index in [9.17, 15) is 0 Å². The van der Waals surface area contributed by atoms with E-state index in [0.29, 0.717) is 6.54 Å². The van der Waals surface area contributed by atoms with Crippen LogP contribution in [0.25, 0.3) is 21.1 Å². The number of nitrogens with two attached hydrogens (primary N) is 1. The average Bonchev–Trinajstić information content (AvgIpc) is 3.22. The van der Waals surface area contributed by atoms with Crippen molar-refractivity contribution >= 4 is 49.2 Å². The van der Waals surface area contributed by atoms with Crippen LogP contribution in [-0.2, 0) is 6.54 Å². The van der Waals surface area contributed by atoms with Gasteiger partial charge in [0.25, 0.3) is 0 Å². The van der Waals surface area contributed by atoms with E-state index in [0.717, 1.165) is 34.3 Å². The van der Waals surface area contributed by atoms with Gasteiger partial charge in [0, 0.05) is 40.6 Å². The van der Waals surface area contributed by atoms with E-state index < -0.39 is 0 Å². The lowest BCUT2D eigenvalue weighted by atomic mass is 9.92. The van der Waals surface area contributed by atoms with E-state index >= 15 is 0 Å². The summed E-state index contributed by atoms with van der Waals surface area (Å²) < 4.78 is 1.23. The molecule has 0 bridgehead atoms. The van der Waals surface area contributed by atoms with E-state index in [2.05, 4.69) is 40.4 Å². The molecule has 0 spiro atoms. The minimum atomic E-state index is 0.264. The molecular weight excluding hydrogens is 378 g/mol. The lowest BCUT2D eigenvalue weighted by Crippen LogP contribution is -2.39. The zero-order valence-corrected chi connectivity index (χ0v) is 16.5. The third kappa shape index (κ3) is 2.89. The van der Waals surface area contributed by atoms with Crippen molar-refractivity contribution in [2.45, 2.75) is 19.4 Å². The highest BCUT2D eigenvalue weighted by Crippen LogP contribution is 2.39. The van der Waals surface area contributed by atoms with Crippen LogP contribution in [0.3, 0.4) is 0 Å². The largest absolute Gasteiger partial charge is 0.357 e. The number of aromatic amines is 1. The second-order valence-electron chi connectivity index (χ2n) is 7.16. The summed E-state index contributed by atoms with van der Waals surface area (Å²) in [5.41, 5.74) is 8.84. The Bertz CT molecular complexity index is 1150. The second kappa shape index (κ2) is 6.49. The van der Waals surface area contributed by atoms with Gasteiger partial charge in [0.15, 0.2) is 5.13 Å². The van der Waals surface area contributed by atoms with Crippen molar-refractivity contribution in [2.24, 2.45) is 5.84 Å². The number of nitrogens with zero attached hydrogens (tertiary/aromatic N) is 2. The van der Waals surface area contributed by atoms with Gasteiger partial charge in [0.1, 0.15) is 0 Å². The topological polar surface area (TPSA) is 70.0 Å². The molecule has 2 aromatic carbocycles. The highest BCUT2D eigenvalue weighted by molar-refractivity contribution is 7.22. The van der Waals surface area contributed by atoms with Crippen molar-refractivity contribution in [3.63, 3.8) is 0 Å². The normalized spacial score (nSPS) is 17.0. The van der Waals surface area contributed by atoms with Gasteiger partial charge in [-0.2, -0.15) is 0 Å². The molecule has 2 aromatic heterocycles. The van der Waals surface area contributed by atoms with Crippen molar-refractivity contribution in [3.05, 3.63) is 58.2 Å². The van der Waals surface area contributed by atoms with Crippen molar-refractivity contribution in [1.29, 1.82) is 0 Å². The number of nitrogens with one attached hydrogen (secondary N) is 2. The van der Waals surface area contributed by atoms with Crippen molar-refractivity contribution in [1.82, 2.24) is 15.4 Å². The predicted molar refractivity (Wildman–Crippen MR) is 114 cm³/mol. The lowest BCUT2D eigenvalue weighted by Gasteiger charge is -2.32. The maximum absolute atomic E-state index is 6.25. The number of anilines is 1. The first-order valence-corrected chi connectivity index (χ1v) is 10.2. The van der Waals surface area contributed by atoms with Gasteiger partial charge >= 0.3 is 0 Å². The second-order valence-corrected chi connectivity index (χ2v) is 8.61. The lowest BCUT2D eigenvalue weighted by molar-refractivity contribution is 0.552. The van der Waals surface area contributed by atoms with Crippen LogP contribution < -0.4 is 16.2 Å². The molecule has 5 nitrogen and oxygen atoms in total. The van der Waals surface area contributed by atoms with E-state index in [-0.39, 0.29) is 5.92 Å². The van der Waals surface area contributed by atoms with Crippen LogP contribution in [0.2, 0.25) is 5.02 Å². The molecule has 0 saturated heterocycles. The summed E-state index contributed by atoms with van der Waals surface area (Å²) in [5, 5.41) is 3.00. The van der Waals surface area contributed by atoms with Crippen LogP contribution in [0.4, 0.5) is 5.13 Å². The van der Waals surface area contributed by atoms with E-state index in [4.69, 9.17) is 22.4 Å². The Morgan fingerprint density at radius 3 is 3.07 bits per heavy atom. The van der Waals surface area contributed by atoms with E-state index in [1.165, 1.54) is 26.9 Å². The molecule has 3 heterocycles. The Kier molecular flexibility index (Phi) is 4.09. The fourth-order valence-electron chi connectivity index (χ4n) is 4.05. The summed E-state index contributed by atoms with van der Waals surface area (Å²) in [6.45, 7) is 4.49. The average molecular weight is 398 g/mol. The van der Waals surface area contributed by atoms with Gasteiger partial charge in [-0.1, -0.05) is 29.0 Å². The quantitative estimate of drug-likeness (QED) is 0.356. The zero-order valence-electron chi connectivity index (χ0n) is 14.9. The smallest absolute Gasteiger partial charge is 0.186 e. The third-order valence-corrected chi connectivity index (χ3v) is 6.56. The van der Waals surface area contributed by atoms with Gasteiger partial charge in [-0.25, -0.2) is 4.98 Å². The first-order valence-electron chi connectivity index (χ1n) is 8.98. The first kappa shape index (κ1) is 17.0. The Balaban J connectivity index is 1.59. The Morgan fingerprint density at radius 1 is 1.33 bits per heavy atom. The molecule has 1 aliphatic heterocycles. The molecule has 0 saturated carbocycles. The minimum Gasteiger partial charge on any atom is -0.357 e. The molecule has 0 aliphatic carbocycles. The third-order valence-electron chi connectivity index (χ3n) is 5.25. The monoisotopic (exact) mass is 397 g/mol. The van der Waals surface area contributed by atoms with Crippen LogP contribution in [-0.4, -0.2) is 23.1 Å². The molecule has 4 N–H and O–H groups in total. The molecule has 1 unspecified atom stereocenters. The number of aryl methyl sites for hydroxylation is 1. The van der Waals surface area contributed by atoms with Crippen LogP contribution >= 0.6 is 22.9 Å². The van der Waals surface area contributed by atoms with Crippen LogP contribution in [0.5, 0.6) is 0 Å². The molecule has 0 amide bonds. The number of hydrazine groups is 1. The predicted octanol–water partition coefficient (Wildman–Crippen LogP) is 4.31. The summed E-state index contributed by atoms with van der Waals surface area (Å²) in [7, 11) is 0. The molecule has 5 rings (SSSR count). The van der Waals surface area contributed by atoms with Gasteiger partial charge in [-0.05, 0) is 48.4 Å². The first-order chi connectivity index (χ1) is 13.1. The molecule has 27 heavy (non-hydrogen) atoms. The maximum atomic E-state index is 6.25. The number of benzene rings is 2.